The van der Waals surface area contributed by atoms with Gasteiger partial charge in [0.15, 0.2) is 0 Å². The van der Waals surface area contributed by atoms with E-state index in [9.17, 15) is 13.2 Å². The van der Waals surface area contributed by atoms with E-state index in [2.05, 4.69) is 4.98 Å². The summed E-state index contributed by atoms with van der Waals surface area (Å²) in [7, 11) is 0. The zero-order chi connectivity index (χ0) is 14.8. The molecule has 0 saturated carbocycles. The van der Waals surface area contributed by atoms with Gasteiger partial charge in [-0.05, 0) is 18.6 Å². The summed E-state index contributed by atoms with van der Waals surface area (Å²) in [5.41, 5.74) is -0.828. The topological polar surface area (TPSA) is 49.1 Å². The molecule has 0 spiro atoms. The van der Waals surface area contributed by atoms with E-state index in [1.54, 1.807) is 4.90 Å². The van der Waals surface area contributed by atoms with Gasteiger partial charge in [0.05, 0.1) is 24.8 Å². The maximum atomic E-state index is 12.8. The molecule has 1 saturated heterocycles. The minimum Gasteiger partial charge on any atom is -0.377 e. The summed E-state index contributed by atoms with van der Waals surface area (Å²) in [5.74, 6) is 0.0949. The number of hydrogen-bond acceptors (Lipinski definition) is 4. The Hall–Kier alpha value is -1.81. The van der Waals surface area contributed by atoms with E-state index >= 15 is 0 Å². The molecule has 1 aromatic rings. The SMILES string of the molecule is CCC1COCCN1c1nc(C(F)(F)F)ccc1C#N. The molecule has 0 radical (unpaired) electrons. The smallest absolute Gasteiger partial charge is 0.377 e. The van der Waals surface area contributed by atoms with E-state index in [-0.39, 0.29) is 17.4 Å². The lowest BCUT2D eigenvalue weighted by molar-refractivity contribution is -0.141. The number of morpholine rings is 1. The molecule has 7 heteroatoms. The van der Waals surface area contributed by atoms with Crippen LogP contribution >= 0.6 is 0 Å². The molecule has 0 N–H and O–H groups in total. The van der Waals surface area contributed by atoms with Gasteiger partial charge >= 0.3 is 6.18 Å². The van der Waals surface area contributed by atoms with E-state index < -0.39 is 11.9 Å². The molecule has 0 aliphatic carbocycles. The summed E-state index contributed by atoms with van der Waals surface area (Å²) in [5, 5.41) is 9.07. The summed E-state index contributed by atoms with van der Waals surface area (Å²) in [6.07, 6.45) is -3.81. The highest BCUT2D eigenvalue weighted by Gasteiger charge is 2.34. The van der Waals surface area contributed by atoms with Crippen LogP contribution in [0.4, 0.5) is 19.0 Å². The molecule has 2 rings (SSSR count). The van der Waals surface area contributed by atoms with Crippen LogP contribution in [-0.2, 0) is 10.9 Å². The molecule has 1 aromatic heterocycles. The molecule has 1 aliphatic rings. The largest absolute Gasteiger partial charge is 0.433 e. The third kappa shape index (κ3) is 2.85. The number of nitriles is 1. The maximum absolute atomic E-state index is 12.8. The van der Waals surface area contributed by atoms with Gasteiger partial charge in [-0.2, -0.15) is 18.4 Å². The van der Waals surface area contributed by atoms with Crippen LogP contribution in [0, 0.1) is 11.3 Å². The van der Waals surface area contributed by atoms with Crippen LogP contribution in [0.5, 0.6) is 0 Å². The predicted octanol–water partition coefficient (Wildman–Crippen LogP) is 2.59. The molecule has 1 atom stereocenters. The van der Waals surface area contributed by atoms with Crippen molar-refractivity contribution in [2.24, 2.45) is 0 Å². The Balaban J connectivity index is 2.45. The fraction of sp³-hybridized carbons (Fsp3) is 0.538. The van der Waals surface area contributed by atoms with Crippen LogP contribution in [0.25, 0.3) is 0 Å². The Morgan fingerprint density at radius 3 is 2.85 bits per heavy atom. The zero-order valence-corrected chi connectivity index (χ0v) is 10.9. The molecule has 1 aliphatic heterocycles. The zero-order valence-electron chi connectivity index (χ0n) is 10.9. The first-order chi connectivity index (χ1) is 9.47. The highest BCUT2D eigenvalue weighted by molar-refractivity contribution is 5.55. The van der Waals surface area contributed by atoms with Gasteiger partial charge in [0, 0.05) is 6.54 Å². The van der Waals surface area contributed by atoms with E-state index in [0.29, 0.717) is 26.2 Å². The van der Waals surface area contributed by atoms with Gasteiger partial charge in [-0.1, -0.05) is 6.92 Å². The van der Waals surface area contributed by atoms with Gasteiger partial charge < -0.3 is 9.64 Å². The number of alkyl halides is 3. The standard InChI is InChI=1S/C13H14F3N3O/c1-2-10-8-20-6-5-19(10)12-9(7-17)3-4-11(18-12)13(14,15)16/h3-4,10H,2,5-6,8H2,1H3. The summed E-state index contributed by atoms with van der Waals surface area (Å²) in [6, 6.07) is 3.85. The molecule has 0 bridgehead atoms. The second-order valence-electron chi connectivity index (χ2n) is 4.51. The number of aromatic nitrogens is 1. The number of ether oxygens (including phenoxy) is 1. The third-order valence-electron chi connectivity index (χ3n) is 3.26. The third-order valence-corrected chi connectivity index (χ3v) is 3.26. The molecule has 2 heterocycles. The van der Waals surface area contributed by atoms with Gasteiger partial charge in [0.25, 0.3) is 0 Å². The van der Waals surface area contributed by atoms with Crippen molar-refractivity contribution in [1.82, 2.24) is 4.98 Å². The van der Waals surface area contributed by atoms with Crippen molar-refractivity contribution in [1.29, 1.82) is 5.26 Å². The molecule has 0 amide bonds. The van der Waals surface area contributed by atoms with Crippen LogP contribution in [0.3, 0.4) is 0 Å². The second kappa shape index (κ2) is 5.67. The lowest BCUT2D eigenvalue weighted by Crippen LogP contribution is -2.46. The Labute approximate surface area is 114 Å². The lowest BCUT2D eigenvalue weighted by Gasteiger charge is -2.36. The summed E-state index contributed by atoms with van der Waals surface area (Å²) in [6.45, 7) is 3.20. The monoisotopic (exact) mass is 285 g/mol. The van der Waals surface area contributed by atoms with Crippen LogP contribution < -0.4 is 4.90 Å². The molecule has 1 unspecified atom stereocenters. The first-order valence-electron chi connectivity index (χ1n) is 6.30. The molecular weight excluding hydrogens is 271 g/mol. The van der Waals surface area contributed by atoms with Gasteiger partial charge in [-0.15, -0.1) is 0 Å². The van der Waals surface area contributed by atoms with Crippen molar-refractivity contribution in [3.05, 3.63) is 23.4 Å². The first-order valence-corrected chi connectivity index (χ1v) is 6.30. The van der Waals surface area contributed by atoms with Crippen molar-refractivity contribution >= 4 is 5.82 Å². The lowest BCUT2D eigenvalue weighted by atomic mass is 10.1. The van der Waals surface area contributed by atoms with E-state index in [4.69, 9.17) is 10.00 Å². The number of hydrogen-bond donors (Lipinski definition) is 0. The van der Waals surface area contributed by atoms with E-state index in [1.165, 1.54) is 6.07 Å². The minimum atomic E-state index is -4.52. The fourth-order valence-corrected chi connectivity index (χ4v) is 2.18. The molecule has 20 heavy (non-hydrogen) atoms. The highest BCUT2D eigenvalue weighted by Crippen LogP contribution is 2.31. The Kier molecular flexibility index (Phi) is 4.14. The summed E-state index contributed by atoms with van der Waals surface area (Å²) in [4.78, 5) is 5.39. The molecule has 0 aromatic carbocycles. The van der Waals surface area contributed by atoms with Crippen LogP contribution in [0.15, 0.2) is 12.1 Å². The van der Waals surface area contributed by atoms with E-state index in [1.807, 2.05) is 13.0 Å². The van der Waals surface area contributed by atoms with Crippen molar-refractivity contribution < 1.29 is 17.9 Å². The van der Waals surface area contributed by atoms with Crippen molar-refractivity contribution in [3.63, 3.8) is 0 Å². The van der Waals surface area contributed by atoms with E-state index in [0.717, 1.165) is 6.07 Å². The summed E-state index contributed by atoms with van der Waals surface area (Å²) < 4.78 is 43.6. The van der Waals surface area contributed by atoms with Crippen molar-refractivity contribution in [2.45, 2.75) is 25.6 Å². The van der Waals surface area contributed by atoms with Crippen LogP contribution in [0.2, 0.25) is 0 Å². The number of halogens is 3. The Morgan fingerprint density at radius 2 is 2.25 bits per heavy atom. The maximum Gasteiger partial charge on any atom is 0.433 e. The van der Waals surface area contributed by atoms with Crippen molar-refractivity contribution in [3.8, 4) is 6.07 Å². The minimum absolute atomic E-state index is 0.0631. The van der Waals surface area contributed by atoms with Crippen LogP contribution in [-0.4, -0.2) is 30.8 Å². The predicted molar refractivity (Wildman–Crippen MR) is 66.2 cm³/mol. The second-order valence-corrected chi connectivity index (χ2v) is 4.51. The van der Waals surface area contributed by atoms with Gasteiger partial charge in [0.1, 0.15) is 17.6 Å². The molecule has 1 fully saturated rings. The summed E-state index contributed by atoms with van der Waals surface area (Å²) >= 11 is 0. The Bertz CT molecular complexity index is 525. The number of rotatable bonds is 2. The van der Waals surface area contributed by atoms with Crippen LogP contribution in [0.1, 0.15) is 24.6 Å². The normalized spacial score (nSPS) is 19.8. The average molecular weight is 285 g/mol. The molecule has 108 valence electrons. The van der Waals surface area contributed by atoms with Gasteiger partial charge in [0.2, 0.25) is 0 Å². The average Bonchev–Trinajstić information content (AvgIpc) is 2.45. The molecule has 4 nitrogen and oxygen atoms in total. The molecular formula is C13H14F3N3O. The van der Waals surface area contributed by atoms with Gasteiger partial charge in [-0.3, -0.25) is 0 Å². The first kappa shape index (κ1) is 14.6. The quantitative estimate of drug-likeness (QED) is 0.838. The van der Waals surface area contributed by atoms with Crippen molar-refractivity contribution in [2.75, 3.05) is 24.7 Å². The highest BCUT2D eigenvalue weighted by atomic mass is 19.4. The fourth-order valence-electron chi connectivity index (χ4n) is 2.18. The number of nitrogens with zero attached hydrogens (tertiary/aromatic N) is 3. The number of anilines is 1. The number of pyridine rings is 1. The Morgan fingerprint density at radius 1 is 1.50 bits per heavy atom. The van der Waals surface area contributed by atoms with Gasteiger partial charge in [-0.25, -0.2) is 4.98 Å².